The van der Waals surface area contributed by atoms with Gasteiger partial charge >= 0.3 is 5.97 Å². The largest absolute Gasteiger partial charge is 0.469 e. The predicted octanol–water partition coefficient (Wildman–Crippen LogP) is 0.383. The van der Waals surface area contributed by atoms with Crippen molar-refractivity contribution in [2.75, 3.05) is 18.9 Å². The smallest absolute Gasteiger partial charge is 0.310 e. The number of halogens is 1. The topological polar surface area (TPSA) is 64.1 Å². The van der Waals surface area contributed by atoms with E-state index in [1.807, 2.05) is 0 Å². The molecule has 1 N–H and O–H groups in total. The van der Waals surface area contributed by atoms with Crippen LogP contribution in [-0.2, 0) is 16.0 Å². The highest BCUT2D eigenvalue weighted by Gasteiger charge is 2.13. The van der Waals surface area contributed by atoms with Crippen molar-refractivity contribution in [3.8, 4) is 0 Å². The fourth-order valence-electron chi connectivity index (χ4n) is 1.01. The Morgan fingerprint density at radius 1 is 1.67 bits per heavy atom. The molecule has 0 aromatic carbocycles. The molecule has 15 heavy (non-hydrogen) atoms. The molecule has 0 atom stereocenters. The zero-order chi connectivity index (χ0) is 11.3. The molecule has 0 aliphatic rings. The molecule has 0 bridgehead atoms. The molecule has 0 saturated carbocycles. The van der Waals surface area contributed by atoms with E-state index in [1.165, 1.54) is 13.4 Å². The Bertz CT molecular complexity index is 362. The lowest BCUT2D eigenvalue weighted by Crippen LogP contribution is -2.11. The molecule has 0 fully saturated rings. The molecule has 0 unspecified atom stereocenters. The van der Waals surface area contributed by atoms with Gasteiger partial charge in [-0.1, -0.05) is 11.6 Å². The number of aromatic nitrogens is 2. The van der Waals surface area contributed by atoms with Gasteiger partial charge in [-0.15, -0.1) is 0 Å². The molecule has 0 saturated heterocycles. The third-order valence-electron chi connectivity index (χ3n) is 1.71. The zero-order valence-corrected chi connectivity index (χ0v) is 8.91. The van der Waals surface area contributed by atoms with Gasteiger partial charge in [0.15, 0.2) is 0 Å². The quantitative estimate of drug-likeness (QED) is 0.456. The summed E-state index contributed by atoms with van der Waals surface area (Å²) in [5.41, 5.74) is 0.483. The van der Waals surface area contributed by atoms with Crippen LogP contribution in [0.5, 0.6) is 0 Å². The van der Waals surface area contributed by atoms with Crippen molar-refractivity contribution in [3.05, 3.63) is 17.0 Å². The maximum Gasteiger partial charge on any atom is 0.310 e. The minimum absolute atomic E-state index is 0.0124. The molecule has 1 rings (SSSR count). The van der Waals surface area contributed by atoms with Gasteiger partial charge in [-0.2, -0.15) is 0 Å². The molecule has 0 spiro atoms. The molecule has 78 valence electrons. The Hall–Kier alpha value is -1.30. The number of methoxy groups -OCH3 is 1. The van der Waals surface area contributed by atoms with E-state index in [9.17, 15) is 4.79 Å². The summed E-state index contributed by atoms with van der Waals surface area (Å²) in [5, 5.41) is 3.00. The molecular formula is C8H9BClN3O2. The van der Waals surface area contributed by atoms with E-state index in [0.717, 1.165) is 0 Å². The van der Waals surface area contributed by atoms with Gasteiger partial charge in [0, 0.05) is 5.56 Å². The van der Waals surface area contributed by atoms with Crippen LogP contribution in [0, 0.1) is 0 Å². The van der Waals surface area contributed by atoms with Crippen LogP contribution in [0.4, 0.5) is 5.82 Å². The molecule has 1 aromatic heterocycles. The first-order chi connectivity index (χ1) is 7.19. The lowest BCUT2D eigenvalue weighted by molar-refractivity contribution is -0.139. The van der Waals surface area contributed by atoms with E-state index < -0.39 is 5.97 Å². The van der Waals surface area contributed by atoms with Crippen molar-refractivity contribution in [1.29, 1.82) is 0 Å². The molecular weight excluding hydrogens is 216 g/mol. The summed E-state index contributed by atoms with van der Waals surface area (Å²) >= 11 is 5.83. The molecule has 2 radical (unpaired) electrons. The zero-order valence-electron chi connectivity index (χ0n) is 8.16. The van der Waals surface area contributed by atoms with Gasteiger partial charge in [0.25, 0.3) is 0 Å². The Morgan fingerprint density at radius 2 is 2.40 bits per heavy atom. The van der Waals surface area contributed by atoms with Gasteiger partial charge < -0.3 is 10.1 Å². The highest BCUT2D eigenvalue weighted by atomic mass is 35.5. The van der Waals surface area contributed by atoms with Crippen molar-refractivity contribution in [1.82, 2.24) is 9.97 Å². The summed E-state index contributed by atoms with van der Waals surface area (Å²) in [6.45, 7) is 0. The standard InChI is InChI=1S/C8H9BClN3O2/c1-15-6(14)2-5-7(10)12-4-13-8(5)11-3-9/h4H,2-3H2,1H3,(H,11,12,13). The van der Waals surface area contributed by atoms with Crippen molar-refractivity contribution < 1.29 is 9.53 Å². The van der Waals surface area contributed by atoms with Crippen LogP contribution in [0.2, 0.25) is 5.15 Å². The first-order valence-electron chi connectivity index (χ1n) is 4.19. The first-order valence-corrected chi connectivity index (χ1v) is 4.57. The maximum atomic E-state index is 11.1. The number of hydrogen-bond acceptors (Lipinski definition) is 5. The highest BCUT2D eigenvalue weighted by Crippen LogP contribution is 2.20. The second kappa shape index (κ2) is 5.55. The first kappa shape index (κ1) is 11.8. The van der Waals surface area contributed by atoms with Crippen molar-refractivity contribution in [2.45, 2.75) is 6.42 Å². The Labute approximate surface area is 93.6 Å². The van der Waals surface area contributed by atoms with Crippen LogP contribution >= 0.6 is 11.6 Å². The van der Waals surface area contributed by atoms with Crippen molar-refractivity contribution in [3.63, 3.8) is 0 Å². The van der Waals surface area contributed by atoms with E-state index in [0.29, 0.717) is 11.4 Å². The summed E-state index contributed by atoms with van der Waals surface area (Å²) in [6, 6.07) is 0. The third kappa shape index (κ3) is 3.09. The molecule has 1 heterocycles. The van der Waals surface area contributed by atoms with Gasteiger partial charge in [-0.05, 0) is 6.44 Å². The summed E-state index contributed by atoms with van der Waals surface area (Å²) in [6.07, 6.45) is 1.50. The van der Waals surface area contributed by atoms with E-state index >= 15 is 0 Å². The number of rotatable bonds is 4. The summed E-state index contributed by atoms with van der Waals surface area (Å²) in [7, 11) is 6.61. The lowest BCUT2D eigenvalue weighted by atomic mass is 10.1. The molecule has 7 heteroatoms. The summed E-state index contributed by atoms with van der Waals surface area (Å²) in [5.74, 6) is 0.0367. The van der Waals surface area contributed by atoms with E-state index in [-0.39, 0.29) is 18.0 Å². The number of nitrogens with one attached hydrogen (secondary N) is 1. The van der Waals surface area contributed by atoms with Gasteiger partial charge in [-0.3, -0.25) is 4.79 Å². The van der Waals surface area contributed by atoms with Crippen LogP contribution in [0.3, 0.4) is 0 Å². The number of hydrogen-bond donors (Lipinski definition) is 1. The van der Waals surface area contributed by atoms with Crippen molar-refractivity contribution >= 4 is 31.2 Å². The maximum absolute atomic E-state index is 11.1. The van der Waals surface area contributed by atoms with Gasteiger partial charge in [-0.25, -0.2) is 9.97 Å². The summed E-state index contributed by atoms with van der Waals surface area (Å²) < 4.78 is 4.53. The highest BCUT2D eigenvalue weighted by molar-refractivity contribution is 6.30. The fraction of sp³-hybridized carbons (Fsp3) is 0.375. The van der Waals surface area contributed by atoms with Crippen molar-refractivity contribution in [2.24, 2.45) is 0 Å². The predicted molar refractivity (Wildman–Crippen MR) is 57.0 cm³/mol. The van der Waals surface area contributed by atoms with Gasteiger partial charge in [0.1, 0.15) is 17.3 Å². The van der Waals surface area contributed by atoms with Gasteiger partial charge in [0.2, 0.25) is 0 Å². The van der Waals surface area contributed by atoms with E-state index in [1.54, 1.807) is 0 Å². The second-order valence-corrected chi connectivity index (χ2v) is 2.98. The van der Waals surface area contributed by atoms with Crippen LogP contribution in [0.15, 0.2) is 6.33 Å². The second-order valence-electron chi connectivity index (χ2n) is 2.63. The normalized spacial score (nSPS) is 9.73. The molecule has 1 aromatic rings. The Balaban J connectivity index is 2.96. The van der Waals surface area contributed by atoms with Gasteiger partial charge in [0.05, 0.1) is 21.4 Å². The number of carbonyl (C=O) groups is 1. The SMILES string of the molecule is [B]CNc1ncnc(Cl)c1CC(=O)OC. The average molecular weight is 225 g/mol. The molecule has 0 aliphatic heterocycles. The van der Waals surface area contributed by atoms with Crippen LogP contribution < -0.4 is 5.32 Å². The summed E-state index contributed by atoms with van der Waals surface area (Å²) in [4.78, 5) is 18.8. The number of anilines is 1. The third-order valence-corrected chi connectivity index (χ3v) is 2.04. The molecule has 0 aliphatic carbocycles. The van der Waals surface area contributed by atoms with Crippen LogP contribution in [0.25, 0.3) is 0 Å². The number of nitrogens with zero attached hydrogens (tertiary/aromatic N) is 2. The Kier molecular flexibility index (Phi) is 4.36. The lowest BCUT2D eigenvalue weighted by Gasteiger charge is -2.09. The van der Waals surface area contributed by atoms with E-state index in [4.69, 9.17) is 19.4 Å². The molecule has 5 nitrogen and oxygen atoms in total. The van der Waals surface area contributed by atoms with Crippen LogP contribution in [-0.4, -0.2) is 37.3 Å². The number of esters is 1. The monoisotopic (exact) mass is 225 g/mol. The number of carbonyl (C=O) groups excluding carboxylic acids is 1. The number of ether oxygens (including phenoxy) is 1. The van der Waals surface area contributed by atoms with Crippen LogP contribution in [0.1, 0.15) is 5.56 Å². The molecule has 0 amide bonds. The Morgan fingerprint density at radius 3 is 3.00 bits per heavy atom. The average Bonchev–Trinajstić information content (AvgIpc) is 2.23. The van der Waals surface area contributed by atoms with E-state index in [2.05, 4.69) is 20.0 Å². The fourth-order valence-corrected chi connectivity index (χ4v) is 1.21. The minimum Gasteiger partial charge on any atom is -0.469 e. The minimum atomic E-state index is -0.410.